The zero-order valence-corrected chi connectivity index (χ0v) is 14.0. The number of aliphatic hydroxyl groups is 1. The average Bonchev–Trinajstić information content (AvgIpc) is 2.88. The molecule has 116 valence electrons. The van der Waals surface area contributed by atoms with E-state index in [9.17, 15) is 9.90 Å². The number of aromatic nitrogens is 2. The molecule has 7 heteroatoms. The van der Waals surface area contributed by atoms with Gasteiger partial charge < -0.3 is 15.1 Å². The molecule has 1 heterocycles. The first-order valence-corrected chi connectivity index (χ1v) is 7.71. The predicted molar refractivity (Wildman–Crippen MR) is 91.1 cm³/mol. The topological polar surface area (TPSA) is 78.6 Å². The molecule has 0 saturated carbocycles. The van der Waals surface area contributed by atoms with E-state index in [0.29, 0.717) is 0 Å². The van der Waals surface area contributed by atoms with Crippen LogP contribution in [0.2, 0.25) is 0 Å². The van der Waals surface area contributed by atoms with Crippen LogP contribution in [0.4, 0.5) is 0 Å². The molecule has 1 aromatic carbocycles. The van der Waals surface area contributed by atoms with Crippen LogP contribution in [0.15, 0.2) is 43.1 Å². The van der Waals surface area contributed by atoms with Gasteiger partial charge in [0.1, 0.15) is 0 Å². The largest absolute Gasteiger partial charge is 0.504 e. The fourth-order valence-corrected chi connectivity index (χ4v) is 2.61. The van der Waals surface area contributed by atoms with Gasteiger partial charge in [0, 0.05) is 16.7 Å². The number of nitrogens with zero attached hydrogens (tertiary/aromatic N) is 3. The van der Waals surface area contributed by atoms with E-state index in [4.69, 9.17) is 5.11 Å². The van der Waals surface area contributed by atoms with E-state index in [-0.39, 0.29) is 31.1 Å². The highest BCUT2D eigenvalue weighted by Crippen LogP contribution is 2.22. The highest BCUT2D eigenvalue weighted by Gasteiger charge is 2.22. The Morgan fingerprint density at radius 2 is 2.18 bits per heavy atom. The molecule has 22 heavy (non-hydrogen) atoms. The fraction of sp³-hybridized carbons (Fsp3) is 0.200. The zero-order valence-electron chi connectivity index (χ0n) is 11.8. The van der Waals surface area contributed by atoms with Crippen molar-refractivity contribution in [3.63, 3.8) is 0 Å². The van der Waals surface area contributed by atoms with Gasteiger partial charge in [0.2, 0.25) is 0 Å². The summed E-state index contributed by atoms with van der Waals surface area (Å²) in [5.41, 5.74) is 0.727. The molecule has 0 spiro atoms. The summed E-state index contributed by atoms with van der Waals surface area (Å²) in [5, 5.41) is 23.2. The Labute approximate surface area is 141 Å². The number of rotatable bonds is 6. The molecule has 0 bridgehead atoms. The lowest BCUT2D eigenvalue weighted by atomic mass is 10.3. The second-order valence-electron chi connectivity index (χ2n) is 4.52. The lowest BCUT2D eigenvalue weighted by Gasteiger charge is -2.18. The summed E-state index contributed by atoms with van der Waals surface area (Å²) >= 11 is 2.16. The van der Waals surface area contributed by atoms with E-state index >= 15 is 0 Å². The molecule has 2 N–H and O–H groups in total. The Hall–Kier alpha value is -1.87. The van der Waals surface area contributed by atoms with Crippen LogP contribution in [-0.2, 0) is 0 Å². The first kappa shape index (κ1) is 16.5. The SMILES string of the molecule is C=CCN(CCO)C(=O)c1nn(-c2ccccc2I)cc1O. The maximum absolute atomic E-state index is 12.4. The molecule has 1 amide bonds. The van der Waals surface area contributed by atoms with Crippen LogP contribution in [0.5, 0.6) is 5.75 Å². The van der Waals surface area contributed by atoms with Crippen molar-refractivity contribution < 1.29 is 15.0 Å². The van der Waals surface area contributed by atoms with Gasteiger partial charge in [-0.25, -0.2) is 4.68 Å². The Morgan fingerprint density at radius 3 is 2.82 bits per heavy atom. The molecule has 1 aromatic heterocycles. The molecule has 0 radical (unpaired) electrons. The minimum atomic E-state index is -0.448. The molecule has 2 rings (SSSR count). The molecule has 0 saturated heterocycles. The Kier molecular flexibility index (Phi) is 5.56. The van der Waals surface area contributed by atoms with E-state index in [0.717, 1.165) is 9.26 Å². The van der Waals surface area contributed by atoms with Crippen LogP contribution in [0.1, 0.15) is 10.5 Å². The molecule has 0 aliphatic heterocycles. The van der Waals surface area contributed by atoms with Gasteiger partial charge in [-0.1, -0.05) is 18.2 Å². The van der Waals surface area contributed by atoms with Gasteiger partial charge >= 0.3 is 0 Å². The normalized spacial score (nSPS) is 10.5. The van der Waals surface area contributed by atoms with Gasteiger partial charge in [-0.2, -0.15) is 5.10 Å². The number of amides is 1. The molecule has 0 fully saturated rings. The summed E-state index contributed by atoms with van der Waals surface area (Å²) < 4.78 is 2.41. The smallest absolute Gasteiger partial charge is 0.278 e. The van der Waals surface area contributed by atoms with Crippen molar-refractivity contribution in [3.8, 4) is 11.4 Å². The second-order valence-corrected chi connectivity index (χ2v) is 5.68. The van der Waals surface area contributed by atoms with Gasteiger partial charge in [0.15, 0.2) is 11.4 Å². The van der Waals surface area contributed by atoms with Crippen molar-refractivity contribution in [1.82, 2.24) is 14.7 Å². The van der Waals surface area contributed by atoms with Crippen molar-refractivity contribution in [2.45, 2.75) is 0 Å². The highest BCUT2D eigenvalue weighted by molar-refractivity contribution is 14.1. The lowest BCUT2D eigenvalue weighted by molar-refractivity contribution is 0.0733. The highest BCUT2D eigenvalue weighted by atomic mass is 127. The third kappa shape index (κ3) is 3.47. The number of carbonyl (C=O) groups is 1. The van der Waals surface area contributed by atoms with Crippen LogP contribution in [0.25, 0.3) is 5.69 Å². The number of hydrogen-bond donors (Lipinski definition) is 2. The molecule has 0 atom stereocenters. The van der Waals surface area contributed by atoms with Crippen LogP contribution in [0, 0.1) is 3.57 Å². The van der Waals surface area contributed by atoms with Gasteiger partial charge in [-0.15, -0.1) is 6.58 Å². The summed E-state index contributed by atoms with van der Waals surface area (Å²) in [5.74, 6) is -0.646. The minimum absolute atomic E-state index is 0.0463. The standard InChI is InChI=1S/C15H16IN3O3/c1-2-7-18(8-9-20)15(22)14-13(21)10-19(17-14)12-6-4-3-5-11(12)16/h2-6,10,20-21H,1,7-9H2. The van der Waals surface area contributed by atoms with Crippen molar-refractivity contribution >= 4 is 28.5 Å². The zero-order chi connectivity index (χ0) is 16.1. The monoisotopic (exact) mass is 413 g/mol. The Balaban J connectivity index is 2.35. The lowest BCUT2D eigenvalue weighted by Crippen LogP contribution is -2.34. The van der Waals surface area contributed by atoms with E-state index in [2.05, 4.69) is 34.3 Å². The van der Waals surface area contributed by atoms with Crippen molar-refractivity contribution in [2.24, 2.45) is 0 Å². The van der Waals surface area contributed by atoms with Crippen molar-refractivity contribution in [2.75, 3.05) is 19.7 Å². The van der Waals surface area contributed by atoms with Crippen molar-refractivity contribution in [3.05, 3.63) is 52.4 Å². The second kappa shape index (κ2) is 7.41. The average molecular weight is 413 g/mol. The molecule has 0 unspecified atom stereocenters. The number of para-hydroxylation sites is 1. The molecule has 6 nitrogen and oxygen atoms in total. The van der Waals surface area contributed by atoms with E-state index in [1.165, 1.54) is 15.8 Å². The van der Waals surface area contributed by atoms with Crippen LogP contribution in [-0.4, -0.2) is 50.5 Å². The summed E-state index contributed by atoms with van der Waals surface area (Å²) in [7, 11) is 0. The van der Waals surface area contributed by atoms with E-state index in [1.807, 2.05) is 24.3 Å². The first-order valence-electron chi connectivity index (χ1n) is 6.63. The number of aliphatic hydroxyl groups excluding tert-OH is 1. The number of hydrogen-bond acceptors (Lipinski definition) is 4. The Morgan fingerprint density at radius 1 is 1.45 bits per heavy atom. The number of aromatic hydroxyl groups is 1. The number of carbonyl (C=O) groups excluding carboxylic acids is 1. The van der Waals surface area contributed by atoms with Gasteiger partial charge in [-0.3, -0.25) is 4.79 Å². The quantitative estimate of drug-likeness (QED) is 0.560. The minimum Gasteiger partial charge on any atom is -0.504 e. The van der Waals surface area contributed by atoms with E-state index in [1.54, 1.807) is 6.08 Å². The molecule has 2 aromatic rings. The van der Waals surface area contributed by atoms with Gasteiger partial charge in [0.25, 0.3) is 5.91 Å². The van der Waals surface area contributed by atoms with Crippen LogP contribution in [0.3, 0.4) is 0 Å². The third-order valence-electron chi connectivity index (χ3n) is 3.00. The predicted octanol–water partition coefficient (Wildman–Crippen LogP) is 1.80. The number of halogens is 1. The van der Waals surface area contributed by atoms with Crippen LogP contribution >= 0.6 is 22.6 Å². The van der Waals surface area contributed by atoms with Crippen LogP contribution < -0.4 is 0 Å². The van der Waals surface area contributed by atoms with E-state index < -0.39 is 5.91 Å². The molecular formula is C15H16IN3O3. The van der Waals surface area contributed by atoms with Gasteiger partial charge in [0.05, 0.1) is 18.5 Å². The fourth-order valence-electron chi connectivity index (χ4n) is 1.98. The number of benzene rings is 1. The summed E-state index contributed by atoms with van der Waals surface area (Å²) in [6.07, 6.45) is 2.96. The Bertz CT molecular complexity index is 684. The summed E-state index contributed by atoms with van der Waals surface area (Å²) in [6, 6.07) is 7.50. The maximum Gasteiger partial charge on any atom is 0.278 e. The van der Waals surface area contributed by atoms with Crippen molar-refractivity contribution in [1.29, 1.82) is 0 Å². The molecular weight excluding hydrogens is 397 g/mol. The summed E-state index contributed by atoms with van der Waals surface area (Å²) in [6.45, 7) is 3.84. The molecule has 0 aliphatic rings. The first-order chi connectivity index (χ1) is 10.6. The third-order valence-corrected chi connectivity index (χ3v) is 3.92. The molecule has 0 aliphatic carbocycles. The van der Waals surface area contributed by atoms with Gasteiger partial charge in [-0.05, 0) is 34.7 Å². The summed E-state index contributed by atoms with van der Waals surface area (Å²) in [4.78, 5) is 13.8. The maximum atomic E-state index is 12.4.